The molecule has 6 heteroatoms. The van der Waals surface area contributed by atoms with Crippen LogP contribution in [0.15, 0.2) is 12.4 Å². The Balaban J connectivity index is 1.96. The van der Waals surface area contributed by atoms with Gasteiger partial charge >= 0.3 is 0 Å². The number of hydrogen-bond donors (Lipinski definition) is 1. The SMILES string of the molecule is Cc1nn(Cc2cn(C)nn2)cc1CNCC(C)C. The lowest BCUT2D eigenvalue weighted by molar-refractivity contribution is 0.551. The highest BCUT2D eigenvalue weighted by molar-refractivity contribution is 5.15. The Bertz CT molecular complexity index is 525. The van der Waals surface area contributed by atoms with E-state index in [1.165, 1.54) is 5.56 Å². The molecule has 2 rings (SSSR count). The molecule has 0 atom stereocenters. The lowest BCUT2D eigenvalue weighted by Crippen LogP contribution is -2.19. The highest BCUT2D eigenvalue weighted by Gasteiger charge is 2.07. The molecule has 0 radical (unpaired) electrons. The monoisotopic (exact) mass is 262 g/mol. The van der Waals surface area contributed by atoms with Crippen molar-refractivity contribution < 1.29 is 0 Å². The van der Waals surface area contributed by atoms with Gasteiger partial charge in [0.15, 0.2) is 0 Å². The second-order valence-corrected chi connectivity index (χ2v) is 5.35. The smallest absolute Gasteiger partial charge is 0.104 e. The lowest BCUT2D eigenvalue weighted by atomic mass is 10.2. The Kier molecular flexibility index (Phi) is 4.31. The molecular formula is C13H22N6. The number of rotatable bonds is 6. The van der Waals surface area contributed by atoms with Crippen LogP contribution in [0, 0.1) is 12.8 Å². The zero-order valence-corrected chi connectivity index (χ0v) is 12.1. The number of aryl methyl sites for hydroxylation is 2. The third-order valence-electron chi connectivity index (χ3n) is 2.89. The van der Waals surface area contributed by atoms with Gasteiger partial charge in [0.25, 0.3) is 0 Å². The Morgan fingerprint density at radius 1 is 1.32 bits per heavy atom. The summed E-state index contributed by atoms with van der Waals surface area (Å²) >= 11 is 0. The Labute approximate surface area is 113 Å². The van der Waals surface area contributed by atoms with Gasteiger partial charge in [-0.15, -0.1) is 5.10 Å². The minimum Gasteiger partial charge on any atom is -0.312 e. The van der Waals surface area contributed by atoms with Gasteiger partial charge < -0.3 is 5.32 Å². The van der Waals surface area contributed by atoms with Gasteiger partial charge in [-0.1, -0.05) is 19.1 Å². The van der Waals surface area contributed by atoms with Crippen molar-refractivity contribution in [1.82, 2.24) is 30.1 Å². The zero-order chi connectivity index (χ0) is 13.8. The molecule has 2 aromatic heterocycles. The van der Waals surface area contributed by atoms with Crippen LogP contribution in [0.2, 0.25) is 0 Å². The molecule has 0 fully saturated rings. The van der Waals surface area contributed by atoms with Gasteiger partial charge in [-0.2, -0.15) is 5.10 Å². The molecule has 0 amide bonds. The van der Waals surface area contributed by atoms with Crippen molar-refractivity contribution in [3.8, 4) is 0 Å². The van der Waals surface area contributed by atoms with E-state index in [0.29, 0.717) is 12.5 Å². The Hall–Kier alpha value is -1.69. The molecule has 0 bridgehead atoms. The first-order chi connectivity index (χ1) is 9.04. The number of aromatic nitrogens is 5. The molecule has 104 valence electrons. The topological polar surface area (TPSA) is 60.6 Å². The van der Waals surface area contributed by atoms with Gasteiger partial charge in [0, 0.05) is 31.5 Å². The van der Waals surface area contributed by atoms with Crippen LogP contribution in [-0.2, 0) is 20.1 Å². The fourth-order valence-electron chi connectivity index (χ4n) is 1.94. The maximum Gasteiger partial charge on any atom is 0.104 e. The predicted molar refractivity (Wildman–Crippen MR) is 73.6 cm³/mol. The third kappa shape index (κ3) is 3.89. The summed E-state index contributed by atoms with van der Waals surface area (Å²) in [7, 11) is 1.87. The van der Waals surface area contributed by atoms with Crippen LogP contribution in [0.4, 0.5) is 0 Å². The van der Waals surface area contributed by atoms with Crippen LogP contribution in [-0.4, -0.2) is 31.3 Å². The summed E-state index contributed by atoms with van der Waals surface area (Å²) in [5.41, 5.74) is 3.23. The van der Waals surface area contributed by atoms with Crippen molar-refractivity contribution in [2.75, 3.05) is 6.54 Å². The molecule has 0 aliphatic carbocycles. The van der Waals surface area contributed by atoms with E-state index < -0.39 is 0 Å². The molecule has 19 heavy (non-hydrogen) atoms. The summed E-state index contributed by atoms with van der Waals surface area (Å²) < 4.78 is 3.63. The van der Waals surface area contributed by atoms with Crippen molar-refractivity contribution in [2.24, 2.45) is 13.0 Å². The minimum absolute atomic E-state index is 0.662. The van der Waals surface area contributed by atoms with E-state index in [1.807, 2.05) is 24.9 Å². The van der Waals surface area contributed by atoms with Gasteiger partial charge in [0.2, 0.25) is 0 Å². The van der Waals surface area contributed by atoms with Crippen molar-refractivity contribution in [2.45, 2.75) is 33.9 Å². The predicted octanol–water partition coefficient (Wildman–Crippen LogP) is 1.11. The molecule has 0 aliphatic rings. The van der Waals surface area contributed by atoms with Gasteiger partial charge in [0.05, 0.1) is 12.2 Å². The maximum absolute atomic E-state index is 4.51. The lowest BCUT2D eigenvalue weighted by Gasteiger charge is -2.05. The van der Waals surface area contributed by atoms with E-state index in [1.54, 1.807) is 4.68 Å². The van der Waals surface area contributed by atoms with Crippen LogP contribution < -0.4 is 5.32 Å². The fourth-order valence-corrected chi connectivity index (χ4v) is 1.94. The highest BCUT2D eigenvalue weighted by Crippen LogP contribution is 2.07. The summed E-state index contributed by atoms with van der Waals surface area (Å²) in [4.78, 5) is 0. The van der Waals surface area contributed by atoms with Crippen LogP contribution in [0.1, 0.15) is 30.8 Å². The van der Waals surface area contributed by atoms with E-state index in [0.717, 1.165) is 24.5 Å². The van der Waals surface area contributed by atoms with E-state index in [4.69, 9.17) is 0 Å². The second-order valence-electron chi connectivity index (χ2n) is 5.35. The number of nitrogens with zero attached hydrogens (tertiary/aromatic N) is 5. The first-order valence-corrected chi connectivity index (χ1v) is 6.63. The van der Waals surface area contributed by atoms with Crippen molar-refractivity contribution in [3.63, 3.8) is 0 Å². The zero-order valence-electron chi connectivity index (χ0n) is 12.1. The second kappa shape index (κ2) is 5.97. The number of nitrogens with one attached hydrogen (secondary N) is 1. The largest absolute Gasteiger partial charge is 0.312 e. The molecule has 0 saturated carbocycles. The summed E-state index contributed by atoms with van der Waals surface area (Å²) in [6, 6.07) is 0. The molecule has 0 saturated heterocycles. The Morgan fingerprint density at radius 2 is 2.11 bits per heavy atom. The maximum atomic E-state index is 4.51. The van der Waals surface area contributed by atoms with Crippen LogP contribution in [0.25, 0.3) is 0 Å². The standard InChI is InChI=1S/C13H22N6/c1-10(2)5-14-6-12-7-19(16-11(12)3)9-13-8-18(4)17-15-13/h7-8,10,14H,5-6,9H2,1-4H3. The average molecular weight is 262 g/mol. The quantitative estimate of drug-likeness (QED) is 0.847. The molecule has 0 spiro atoms. The van der Waals surface area contributed by atoms with E-state index in [2.05, 4.69) is 40.8 Å². The highest BCUT2D eigenvalue weighted by atomic mass is 15.4. The van der Waals surface area contributed by atoms with E-state index >= 15 is 0 Å². The summed E-state index contributed by atoms with van der Waals surface area (Å²) in [6.45, 7) is 9.01. The van der Waals surface area contributed by atoms with E-state index in [9.17, 15) is 0 Å². The first kappa shape index (κ1) is 13.7. The Morgan fingerprint density at radius 3 is 2.74 bits per heavy atom. The average Bonchev–Trinajstić information content (AvgIpc) is 2.86. The van der Waals surface area contributed by atoms with Crippen molar-refractivity contribution in [1.29, 1.82) is 0 Å². The van der Waals surface area contributed by atoms with Crippen LogP contribution >= 0.6 is 0 Å². The summed E-state index contributed by atoms with van der Waals surface area (Å²) in [6.07, 6.45) is 3.99. The molecule has 2 heterocycles. The van der Waals surface area contributed by atoms with Crippen LogP contribution in [0.5, 0.6) is 0 Å². The summed E-state index contributed by atoms with van der Waals surface area (Å²) in [5.74, 6) is 0.662. The fraction of sp³-hybridized carbons (Fsp3) is 0.615. The molecule has 0 unspecified atom stereocenters. The van der Waals surface area contributed by atoms with Crippen LogP contribution in [0.3, 0.4) is 0 Å². The van der Waals surface area contributed by atoms with Crippen molar-refractivity contribution in [3.05, 3.63) is 29.3 Å². The number of hydrogen-bond acceptors (Lipinski definition) is 4. The van der Waals surface area contributed by atoms with Crippen molar-refractivity contribution >= 4 is 0 Å². The molecule has 0 aromatic carbocycles. The first-order valence-electron chi connectivity index (χ1n) is 6.63. The molecule has 6 nitrogen and oxygen atoms in total. The molecule has 1 N–H and O–H groups in total. The van der Waals surface area contributed by atoms with Gasteiger partial charge in [0.1, 0.15) is 5.69 Å². The van der Waals surface area contributed by atoms with Gasteiger partial charge in [-0.3, -0.25) is 9.36 Å². The minimum atomic E-state index is 0.662. The normalized spacial score (nSPS) is 11.4. The van der Waals surface area contributed by atoms with Gasteiger partial charge in [-0.05, 0) is 19.4 Å². The molecule has 0 aliphatic heterocycles. The molecular weight excluding hydrogens is 240 g/mol. The summed E-state index contributed by atoms with van der Waals surface area (Å²) in [5, 5.41) is 15.9. The van der Waals surface area contributed by atoms with E-state index in [-0.39, 0.29) is 0 Å². The molecule has 2 aromatic rings. The third-order valence-corrected chi connectivity index (χ3v) is 2.89. The van der Waals surface area contributed by atoms with Gasteiger partial charge in [-0.25, -0.2) is 0 Å².